The fourth-order valence-electron chi connectivity index (χ4n) is 2.22. The van der Waals surface area contributed by atoms with Crippen LogP contribution in [0.1, 0.15) is 12.0 Å². The number of hydrogen-bond donors (Lipinski definition) is 1. The van der Waals surface area contributed by atoms with Crippen molar-refractivity contribution in [1.29, 1.82) is 0 Å². The summed E-state index contributed by atoms with van der Waals surface area (Å²) in [5.74, 6) is -0.207. The van der Waals surface area contributed by atoms with Crippen molar-refractivity contribution in [3.05, 3.63) is 35.9 Å². The molecule has 1 aromatic carbocycles. The molecule has 4 nitrogen and oxygen atoms in total. The topological polar surface area (TPSA) is 50.9 Å². The highest BCUT2D eigenvalue weighted by Crippen LogP contribution is 2.31. The summed E-state index contributed by atoms with van der Waals surface area (Å²) in [6, 6.07) is 9.41. The molecular weight excluding hydrogens is 218 g/mol. The molecule has 90 valence electrons. The van der Waals surface area contributed by atoms with Crippen LogP contribution in [0.2, 0.25) is 0 Å². The van der Waals surface area contributed by atoms with E-state index in [1.807, 2.05) is 30.3 Å². The van der Waals surface area contributed by atoms with Gasteiger partial charge in [0.2, 0.25) is 0 Å². The van der Waals surface area contributed by atoms with Crippen molar-refractivity contribution in [3.8, 4) is 0 Å². The molecule has 4 heteroatoms. The average molecular weight is 233 g/mol. The lowest BCUT2D eigenvalue weighted by Crippen LogP contribution is -2.46. The quantitative estimate of drug-likeness (QED) is 0.621. The maximum Gasteiger partial charge on any atom is 0.326 e. The zero-order chi connectivity index (χ0) is 11.7. The first-order chi connectivity index (χ1) is 8.34. The van der Waals surface area contributed by atoms with Crippen molar-refractivity contribution in [2.45, 2.75) is 31.3 Å². The van der Waals surface area contributed by atoms with Crippen molar-refractivity contribution in [1.82, 2.24) is 5.32 Å². The van der Waals surface area contributed by atoms with Gasteiger partial charge in [0.05, 0.1) is 6.10 Å². The number of nitrogens with one attached hydrogen (secondary N) is 1. The van der Waals surface area contributed by atoms with Crippen LogP contribution in [0.15, 0.2) is 30.3 Å². The molecule has 0 aromatic heterocycles. The number of esters is 1. The molecular formula is C13H15NO3. The molecule has 0 saturated carbocycles. The maximum absolute atomic E-state index is 11.8. The van der Waals surface area contributed by atoms with Crippen LogP contribution in [0.25, 0.3) is 0 Å². The second-order valence-electron chi connectivity index (χ2n) is 4.45. The van der Waals surface area contributed by atoms with Gasteiger partial charge in [-0.3, -0.25) is 4.79 Å². The highest BCUT2D eigenvalue weighted by Gasteiger charge is 2.50. The predicted octanol–water partition coefficient (Wildman–Crippen LogP) is 0.859. The fourth-order valence-corrected chi connectivity index (χ4v) is 2.22. The molecule has 0 bridgehead atoms. The largest absolute Gasteiger partial charge is 0.460 e. The van der Waals surface area contributed by atoms with Gasteiger partial charge in [-0.1, -0.05) is 30.3 Å². The molecule has 0 spiro atoms. The van der Waals surface area contributed by atoms with Gasteiger partial charge in [-0.25, -0.2) is 0 Å². The summed E-state index contributed by atoms with van der Waals surface area (Å²) >= 11 is 0. The highest BCUT2D eigenvalue weighted by atomic mass is 16.6. The second-order valence-corrected chi connectivity index (χ2v) is 4.45. The lowest BCUT2D eigenvalue weighted by molar-refractivity contribution is -0.148. The number of ether oxygens (including phenoxy) is 2. The Balaban J connectivity index is 1.53. The highest BCUT2D eigenvalue weighted by molar-refractivity contribution is 5.77. The molecule has 3 rings (SSSR count). The second kappa shape index (κ2) is 4.47. The molecule has 3 atom stereocenters. The third-order valence-corrected chi connectivity index (χ3v) is 3.22. The Bertz CT molecular complexity index is 406. The number of fused-ring (bicyclic) bond motifs is 1. The normalized spacial score (nSPS) is 30.5. The zero-order valence-corrected chi connectivity index (χ0v) is 9.46. The smallest absolute Gasteiger partial charge is 0.326 e. The van der Waals surface area contributed by atoms with Crippen LogP contribution in [0.3, 0.4) is 0 Å². The maximum atomic E-state index is 11.8. The molecule has 0 amide bonds. The summed E-state index contributed by atoms with van der Waals surface area (Å²) in [7, 11) is 0. The molecule has 2 fully saturated rings. The summed E-state index contributed by atoms with van der Waals surface area (Å²) in [4.78, 5) is 11.8. The minimum absolute atomic E-state index is 0.0343. The van der Waals surface area contributed by atoms with Gasteiger partial charge in [0.1, 0.15) is 18.8 Å². The van der Waals surface area contributed by atoms with E-state index in [0.717, 1.165) is 18.5 Å². The molecule has 2 aliphatic heterocycles. The van der Waals surface area contributed by atoms with Gasteiger partial charge in [0.25, 0.3) is 0 Å². The summed E-state index contributed by atoms with van der Waals surface area (Å²) in [6.07, 6.45) is 1.30. The third-order valence-electron chi connectivity index (χ3n) is 3.22. The molecule has 2 heterocycles. The van der Waals surface area contributed by atoms with E-state index in [1.54, 1.807) is 0 Å². The number of epoxide rings is 1. The van der Waals surface area contributed by atoms with Crippen molar-refractivity contribution in [3.63, 3.8) is 0 Å². The Morgan fingerprint density at radius 3 is 3.06 bits per heavy atom. The molecule has 17 heavy (non-hydrogen) atoms. The van der Waals surface area contributed by atoms with Crippen LogP contribution in [-0.4, -0.2) is 30.8 Å². The Hall–Kier alpha value is -1.39. The van der Waals surface area contributed by atoms with Crippen LogP contribution in [0.4, 0.5) is 0 Å². The van der Waals surface area contributed by atoms with Crippen LogP contribution in [0.5, 0.6) is 0 Å². The number of rotatable bonds is 3. The first-order valence-electron chi connectivity index (χ1n) is 5.94. The van der Waals surface area contributed by atoms with E-state index in [-0.39, 0.29) is 24.2 Å². The molecule has 0 aliphatic carbocycles. The number of hydrogen-bond acceptors (Lipinski definition) is 4. The van der Waals surface area contributed by atoms with E-state index in [2.05, 4.69) is 5.32 Å². The monoisotopic (exact) mass is 233 g/mol. The molecule has 0 radical (unpaired) electrons. The molecule has 2 saturated heterocycles. The van der Waals surface area contributed by atoms with Crippen LogP contribution >= 0.6 is 0 Å². The molecule has 3 unspecified atom stereocenters. The van der Waals surface area contributed by atoms with Gasteiger partial charge in [-0.2, -0.15) is 0 Å². The SMILES string of the molecule is O=C(OCc1ccccc1)C1NCCC2OC21. The first-order valence-corrected chi connectivity index (χ1v) is 5.94. The van der Waals surface area contributed by atoms with Crippen LogP contribution < -0.4 is 5.32 Å². The summed E-state index contributed by atoms with van der Waals surface area (Å²) in [5, 5.41) is 3.15. The lowest BCUT2D eigenvalue weighted by Gasteiger charge is -2.18. The Morgan fingerprint density at radius 1 is 1.41 bits per heavy atom. The minimum Gasteiger partial charge on any atom is -0.460 e. The van der Waals surface area contributed by atoms with Gasteiger partial charge < -0.3 is 14.8 Å². The number of piperidine rings is 1. The molecule has 1 N–H and O–H groups in total. The van der Waals surface area contributed by atoms with Crippen molar-refractivity contribution < 1.29 is 14.3 Å². The van der Waals surface area contributed by atoms with Crippen LogP contribution in [-0.2, 0) is 20.9 Å². The summed E-state index contributed by atoms with van der Waals surface area (Å²) < 4.78 is 10.7. The van der Waals surface area contributed by atoms with E-state index in [4.69, 9.17) is 9.47 Å². The first kappa shape index (κ1) is 10.7. The Morgan fingerprint density at radius 2 is 2.24 bits per heavy atom. The minimum atomic E-state index is -0.280. The summed E-state index contributed by atoms with van der Waals surface area (Å²) in [5.41, 5.74) is 1.00. The number of carbonyl (C=O) groups excluding carboxylic acids is 1. The average Bonchev–Trinajstić information content (AvgIpc) is 3.16. The number of benzene rings is 1. The van der Waals surface area contributed by atoms with Crippen molar-refractivity contribution in [2.75, 3.05) is 6.54 Å². The van der Waals surface area contributed by atoms with Gasteiger partial charge in [-0.15, -0.1) is 0 Å². The van der Waals surface area contributed by atoms with Crippen LogP contribution in [0, 0.1) is 0 Å². The molecule has 2 aliphatic rings. The lowest BCUT2D eigenvalue weighted by atomic mass is 10.1. The van der Waals surface area contributed by atoms with E-state index in [9.17, 15) is 4.79 Å². The van der Waals surface area contributed by atoms with E-state index < -0.39 is 0 Å². The zero-order valence-electron chi connectivity index (χ0n) is 9.46. The van der Waals surface area contributed by atoms with Gasteiger partial charge in [0.15, 0.2) is 0 Å². The van der Waals surface area contributed by atoms with Crippen molar-refractivity contribution >= 4 is 5.97 Å². The molecule has 1 aromatic rings. The van der Waals surface area contributed by atoms with E-state index in [1.165, 1.54) is 0 Å². The third kappa shape index (κ3) is 2.33. The van der Waals surface area contributed by atoms with E-state index >= 15 is 0 Å². The van der Waals surface area contributed by atoms with Gasteiger partial charge in [0, 0.05) is 0 Å². The number of carbonyl (C=O) groups is 1. The Kier molecular flexibility index (Phi) is 2.82. The Labute approximate surface area is 99.9 Å². The van der Waals surface area contributed by atoms with Crippen molar-refractivity contribution in [2.24, 2.45) is 0 Å². The van der Waals surface area contributed by atoms with Gasteiger partial charge >= 0.3 is 5.97 Å². The predicted molar refractivity (Wildman–Crippen MR) is 61.3 cm³/mol. The standard InChI is InChI=1S/C13H15NO3/c15-13(11-12-10(17-12)6-7-14-11)16-8-9-4-2-1-3-5-9/h1-5,10-12,14H,6-8H2. The summed E-state index contributed by atoms with van der Waals surface area (Å²) in [6.45, 7) is 1.15. The van der Waals surface area contributed by atoms with E-state index in [0.29, 0.717) is 6.61 Å². The van der Waals surface area contributed by atoms with Gasteiger partial charge in [-0.05, 0) is 18.5 Å². The fraction of sp³-hybridized carbons (Fsp3) is 0.462.